The highest BCUT2D eigenvalue weighted by molar-refractivity contribution is 5.98. The van der Waals surface area contributed by atoms with Crippen LogP contribution in [0.25, 0.3) is 10.9 Å². The van der Waals surface area contributed by atoms with Crippen LogP contribution in [0.15, 0.2) is 36.5 Å². The molecule has 2 amide bonds. The zero-order valence-corrected chi connectivity index (χ0v) is 23.6. The zero-order valence-electron chi connectivity index (χ0n) is 23.6. The average molecular weight is 536 g/mol. The van der Waals surface area contributed by atoms with Gasteiger partial charge in [-0.25, -0.2) is 0 Å². The Bertz CT molecular complexity index is 1310. The van der Waals surface area contributed by atoms with E-state index >= 15 is 0 Å². The van der Waals surface area contributed by atoms with E-state index < -0.39 is 11.9 Å². The first-order chi connectivity index (χ1) is 18.7. The number of nitrogens with zero attached hydrogens (tertiary/aromatic N) is 1. The van der Waals surface area contributed by atoms with E-state index in [0.29, 0.717) is 54.7 Å². The van der Waals surface area contributed by atoms with Gasteiger partial charge in [0.15, 0.2) is 11.5 Å². The van der Waals surface area contributed by atoms with E-state index in [0.717, 1.165) is 34.3 Å². The molecule has 2 aromatic carbocycles. The Balaban J connectivity index is 2.04. The third-order valence-corrected chi connectivity index (χ3v) is 6.38. The Morgan fingerprint density at radius 2 is 1.72 bits per heavy atom. The van der Waals surface area contributed by atoms with Crippen molar-refractivity contribution in [2.75, 3.05) is 18.5 Å². The summed E-state index contributed by atoms with van der Waals surface area (Å²) in [5.74, 6) is 0.914. The number of anilines is 2. The Morgan fingerprint density at radius 1 is 1.03 bits per heavy atom. The van der Waals surface area contributed by atoms with E-state index in [1.807, 2.05) is 58.0 Å². The van der Waals surface area contributed by atoms with Gasteiger partial charge in [0.1, 0.15) is 0 Å². The van der Waals surface area contributed by atoms with Crippen LogP contribution in [-0.4, -0.2) is 36.1 Å². The van der Waals surface area contributed by atoms with Crippen molar-refractivity contribution in [3.63, 3.8) is 0 Å². The fourth-order valence-electron chi connectivity index (χ4n) is 4.65. The quantitative estimate of drug-likeness (QED) is 0.240. The van der Waals surface area contributed by atoms with Crippen LogP contribution in [0.5, 0.6) is 11.5 Å². The number of fused-ring (bicyclic) bond motifs is 1. The molecule has 9 nitrogen and oxygen atoms in total. The molecule has 210 valence electrons. The molecule has 39 heavy (non-hydrogen) atoms. The Kier molecular flexibility index (Phi) is 10.5. The van der Waals surface area contributed by atoms with Gasteiger partial charge in [-0.1, -0.05) is 32.9 Å². The zero-order chi connectivity index (χ0) is 28.5. The predicted molar refractivity (Wildman–Crippen MR) is 155 cm³/mol. The number of pyridine rings is 1. The molecule has 3 aromatic rings. The van der Waals surface area contributed by atoms with Crippen molar-refractivity contribution in [2.45, 2.75) is 66.5 Å². The van der Waals surface area contributed by atoms with E-state index in [1.54, 1.807) is 6.20 Å². The number of ether oxygens (including phenoxy) is 2. The summed E-state index contributed by atoms with van der Waals surface area (Å²) in [6.45, 7) is 11.3. The van der Waals surface area contributed by atoms with Crippen molar-refractivity contribution in [2.24, 2.45) is 17.4 Å². The molecule has 0 spiro atoms. The van der Waals surface area contributed by atoms with Gasteiger partial charge in [0.05, 0.1) is 36.9 Å². The minimum Gasteiger partial charge on any atom is -0.490 e. The van der Waals surface area contributed by atoms with Gasteiger partial charge in [0.2, 0.25) is 11.8 Å². The van der Waals surface area contributed by atoms with Crippen LogP contribution < -0.4 is 31.6 Å². The van der Waals surface area contributed by atoms with Crippen LogP contribution in [0.4, 0.5) is 11.4 Å². The van der Waals surface area contributed by atoms with Gasteiger partial charge in [0, 0.05) is 35.4 Å². The highest BCUT2D eigenvalue weighted by Gasteiger charge is 2.19. The minimum atomic E-state index is -0.544. The summed E-state index contributed by atoms with van der Waals surface area (Å²) in [5, 5.41) is 7.32. The number of nitrogens with one attached hydrogen (secondary N) is 2. The maximum atomic E-state index is 12.6. The fraction of sp³-hybridized carbons (Fsp3) is 0.433. The Hall–Kier alpha value is -3.85. The summed E-state index contributed by atoms with van der Waals surface area (Å²) >= 11 is 0. The van der Waals surface area contributed by atoms with Gasteiger partial charge in [-0.05, 0) is 55.9 Å². The standard InChI is InChI=1S/C30H41N5O4/c1-6-21-19(16-34-30(37)23(31)12-18(4)5)10-9-11-24(21)35-29-20(13-28(32)36)17-33-25-15-27(39-8-3)26(38-7-2)14-22(25)29/h9-11,14-15,17-18,23H,6-8,12-13,16,31H2,1-5H3,(H2,32,36)(H,33,35)(H,34,37)/t23-/m0/s1. The summed E-state index contributed by atoms with van der Waals surface area (Å²) in [4.78, 5) is 29.1. The molecular weight excluding hydrogens is 494 g/mol. The van der Waals surface area contributed by atoms with E-state index in [1.165, 1.54) is 0 Å². The fourth-order valence-corrected chi connectivity index (χ4v) is 4.65. The molecule has 9 heteroatoms. The molecule has 1 heterocycles. The molecule has 0 saturated carbocycles. The summed E-state index contributed by atoms with van der Waals surface area (Å²) in [6.07, 6.45) is 3.03. The van der Waals surface area contributed by atoms with Gasteiger partial charge in [0.25, 0.3) is 0 Å². The highest BCUT2D eigenvalue weighted by Crippen LogP contribution is 2.38. The molecule has 0 aliphatic heterocycles. The number of carbonyl (C=O) groups is 2. The van der Waals surface area contributed by atoms with Crippen LogP contribution >= 0.6 is 0 Å². The lowest BCUT2D eigenvalue weighted by molar-refractivity contribution is -0.123. The first-order valence-corrected chi connectivity index (χ1v) is 13.6. The van der Waals surface area contributed by atoms with Crippen molar-refractivity contribution < 1.29 is 19.1 Å². The first-order valence-electron chi connectivity index (χ1n) is 13.6. The normalized spacial score (nSPS) is 11.9. The smallest absolute Gasteiger partial charge is 0.237 e. The molecule has 0 saturated heterocycles. The van der Waals surface area contributed by atoms with Crippen molar-refractivity contribution in [1.29, 1.82) is 0 Å². The maximum Gasteiger partial charge on any atom is 0.237 e. The second-order valence-corrected chi connectivity index (χ2v) is 9.86. The van der Waals surface area contributed by atoms with Gasteiger partial charge >= 0.3 is 0 Å². The Morgan fingerprint density at radius 3 is 2.33 bits per heavy atom. The lowest BCUT2D eigenvalue weighted by Crippen LogP contribution is -2.41. The topological polar surface area (TPSA) is 142 Å². The molecule has 0 bridgehead atoms. The predicted octanol–water partition coefficient (Wildman–Crippen LogP) is 4.36. The van der Waals surface area contributed by atoms with Crippen molar-refractivity contribution in [1.82, 2.24) is 10.3 Å². The molecule has 0 fully saturated rings. The van der Waals surface area contributed by atoms with Crippen molar-refractivity contribution in [3.8, 4) is 11.5 Å². The Labute approximate surface area is 230 Å². The van der Waals surface area contributed by atoms with Gasteiger partial charge < -0.3 is 31.6 Å². The van der Waals surface area contributed by atoms with Crippen LogP contribution in [0, 0.1) is 5.92 Å². The van der Waals surface area contributed by atoms with Gasteiger partial charge in [-0.15, -0.1) is 0 Å². The first kappa shape index (κ1) is 29.7. The molecule has 0 unspecified atom stereocenters. The number of hydrogen-bond acceptors (Lipinski definition) is 7. The number of hydrogen-bond donors (Lipinski definition) is 4. The number of primary amides is 1. The number of nitrogens with two attached hydrogens (primary N) is 2. The summed E-state index contributed by atoms with van der Waals surface area (Å²) < 4.78 is 11.6. The number of amides is 2. The van der Waals surface area contributed by atoms with Gasteiger partial charge in [-0.3, -0.25) is 14.6 Å². The summed E-state index contributed by atoms with van der Waals surface area (Å²) in [7, 11) is 0. The second-order valence-electron chi connectivity index (χ2n) is 9.86. The molecular formula is C30H41N5O4. The molecule has 0 aliphatic rings. The van der Waals surface area contributed by atoms with Crippen LogP contribution in [0.2, 0.25) is 0 Å². The van der Waals surface area contributed by atoms with E-state index in [-0.39, 0.29) is 12.3 Å². The molecule has 1 aromatic heterocycles. The van der Waals surface area contributed by atoms with E-state index in [2.05, 4.69) is 22.5 Å². The number of benzene rings is 2. The number of aromatic nitrogens is 1. The third kappa shape index (κ3) is 7.60. The highest BCUT2D eigenvalue weighted by atomic mass is 16.5. The minimum absolute atomic E-state index is 0.0212. The van der Waals surface area contributed by atoms with Crippen LogP contribution in [0.1, 0.15) is 57.7 Å². The monoisotopic (exact) mass is 535 g/mol. The van der Waals surface area contributed by atoms with Crippen molar-refractivity contribution >= 4 is 34.1 Å². The molecule has 1 atom stereocenters. The average Bonchev–Trinajstić information content (AvgIpc) is 2.88. The maximum absolute atomic E-state index is 12.6. The van der Waals surface area contributed by atoms with Gasteiger partial charge in [-0.2, -0.15) is 0 Å². The van der Waals surface area contributed by atoms with E-state index in [4.69, 9.17) is 20.9 Å². The number of carbonyl (C=O) groups excluding carboxylic acids is 2. The number of rotatable bonds is 14. The van der Waals surface area contributed by atoms with Crippen LogP contribution in [-0.2, 0) is 29.0 Å². The van der Waals surface area contributed by atoms with E-state index in [9.17, 15) is 9.59 Å². The second kappa shape index (κ2) is 13.8. The third-order valence-electron chi connectivity index (χ3n) is 6.38. The molecule has 0 radical (unpaired) electrons. The largest absolute Gasteiger partial charge is 0.490 e. The lowest BCUT2D eigenvalue weighted by Gasteiger charge is -2.20. The molecule has 0 aliphatic carbocycles. The van der Waals surface area contributed by atoms with Crippen LogP contribution in [0.3, 0.4) is 0 Å². The molecule has 3 rings (SSSR count). The van der Waals surface area contributed by atoms with Crippen molar-refractivity contribution in [3.05, 3.63) is 53.2 Å². The lowest BCUT2D eigenvalue weighted by atomic mass is 10.00. The summed E-state index contributed by atoms with van der Waals surface area (Å²) in [6, 6.07) is 9.09. The SMILES string of the molecule is CCOc1cc2ncc(CC(N)=O)c(Nc3cccc(CNC(=O)[C@@H](N)CC(C)C)c3CC)c2cc1OCC. The molecule has 6 N–H and O–H groups in total. The summed E-state index contributed by atoms with van der Waals surface area (Å²) in [5.41, 5.74) is 16.6.